The first-order valence-corrected chi connectivity index (χ1v) is 6.70. The van der Waals surface area contributed by atoms with E-state index in [1.807, 2.05) is 0 Å². The molecule has 1 aliphatic rings. The van der Waals surface area contributed by atoms with Gasteiger partial charge in [0.15, 0.2) is 0 Å². The molecule has 0 aliphatic carbocycles. The number of benzene rings is 1. The van der Waals surface area contributed by atoms with Crippen LogP contribution in [0.2, 0.25) is 0 Å². The van der Waals surface area contributed by atoms with Crippen LogP contribution in [0.5, 0.6) is 11.5 Å². The van der Waals surface area contributed by atoms with Crippen LogP contribution in [0.3, 0.4) is 0 Å². The van der Waals surface area contributed by atoms with E-state index in [9.17, 15) is 13.2 Å². The number of ether oxygens (including phenoxy) is 2. The zero-order valence-electron chi connectivity index (χ0n) is 11.5. The number of rotatable bonds is 5. The van der Waals surface area contributed by atoms with Gasteiger partial charge >= 0.3 is 6.18 Å². The average Bonchev–Trinajstić information content (AvgIpc) is 2.41. The summed E-state index contributed by atoms with van der Waals surface area (Å²) in [5, 5.41) is 3.25. The van der Waals surface area contributed by atoms with Crippen LogP contribution in [-0.2, 0) is 0 Å². The Morgan fingerprint density at radius 2 is 1.62 bits per heavy atom. The van der Waals surface area contributed by atoms with E-state index in [1.54, 1.807) is 24.3 Å². The van der Waals surface area contributed by atoms with Gasteiger partial charge < -0.3 is 14.8 Å². The summed E-state index contributed by atoms with van der Waals surface area (Å²) in [5.74, 6) is 1.15. The molecule has 1 fully saturated rings. The minimum Gasteiger partial charge on any atom is -0.493 e. The number of piperidine rings is 1. The van der Waals surface area contributed by atoms with Gasteiger partial charge in [-0.2, -0.15) is 13.2 Å². The Morgan fingerprint density at radius 1 is 1.05 bits per heavy atom. The van der Waals surface area contributed by atoms with Crippen molar-refractivity contribution in [3.05, 3.63) is 24.3 Å². The molecule has 1 saturated heterocycles. The van der Waals surface area contributed by atoms with Gasteiger partial charge in [0, 0.05) is 0 Å². The molecule has 0 unspecified atom stereocenters. The first kappa shape index (κ1) is 17.9. The van der Waals surface area contributed by atoms with E-state index in [0.29, 0.717) is 5.75 Å². The zero-order valence-corrected chi connectivity index (χ0v) is 12.3. The fourth-order valence-corrected chi connectivity index (χ4v) is 2.00. The van der Waals surface area contributed by atoms with Crippen molar-refractivity contribution in [2.24, 2.45) is 0 Å². The molecule has 21 heavy (non-hydrogen) atoms. The van der Waals surface area contributed by atoms with Crippen LogP contribution < -0.4 is 14.8 Å². The molecule has 1 heterocycles. The maximum atomic E-state index is 12.0. The summed E-state index contributed by atoms with van der Waals surface area (Å²) in [6, 6.07) is 6.72. The lowest BCUT2D eigenvalue weighted by Crippen LogP contribution is -2.34. The van der Waals surface area contributed by atoms with Gasteiger partial charge in [-0.15, -0.1) is 12.4 Å². The van der Waals surface area contributed by atoms with E-state index in [-0.39, 0.29) is 25.1 Å². The Hall–Kier alpha value is -1.14. The summed E-state index contributed by atoms with van der Waals surface area (Å²) in [6.45, 7) is 1.53. The van der Waals surface area contributed by atoms with Gasteiger partial charge in [0.2, 0.25) is 0 Å². The zero-order chi connectivity index (χ0) is 14.4. The van der Waals surface area contributed by atoms with Crippen molar-refractivity contribution < 1.29 is 22.6 Å². The fourth-order valence-electron chi connectivity index (χ4n) is 2.00. The van der Waals surface area contributed by atoms with Gasteiger partial charge in [0.25, 0.3) is 0 Å². The predicted octanol–water partition coefficient (Wildman–Crippen LogP) is 3.57. The van der Waals surface area contributed by atoms with Crippen molar-refractivity contribution in [2.45, 2.75) is 31.5 Å². The molecule has 1 aromatic rings. The third-order valence-corrected chi connectivity index (χ3v) is 3.07. The van der Waals surface area contributed by atoms with E-state index >= 15 is 0 Å². The number of hydrogen-bond donors (Lipinski definition) is 1. The molecule has 0 spiro atoms. The third kappa shape index (κ3) is 6.91. The Labute approximate surface area is 128 Å². The second-order valence-electron chi connectivity index (χ2n) is 4.75. The Bertz CT molecular complexity index is 406. The topological polar surface area (TPSA) is 30.5 Å². The molecule has 0 saturated carbocycles. The van der Waals surface area contributed by atoms with Gasteiger partial charge in [-0.05, 0) is 50.2 Å². The lowest BCUT2D eigenvalue weighted by Gasteiger charge is -2.23. The van der Waals surface area contributed by atoms with Crippen molar-refractivity contribution in [3.8, 4) is 11.5 Å². The summed E-state index contributed by atoms with van der Waals surface area (Å²) in [5.41, 5.74) is 0. The molecular formula is C14H19ClF3NO2. The summed E-state index contributed by atoms with van der Waals surface area (Å²) in [7, 11) is 0. The highest BCUT2D eigenvalue weighted by Crippen LogP contribution is 2.23. The normalized spacial score (nSPS) is 16.1. The van der Waals surface area contributed by atoms with Crippen molar-refractivity contribution in [2.75, 3.05) is 19.7 Å². The van der Waals surface area contributed by atoms with Crippen LogP contribution in [0.1, 0.15) is 19.3 Å². The SMILES string of the molecule is Cl.FC(F)(F)CCOc1ccc(OC2CCNCC2)cc1. The van der Waals surface area contributed by atoms with Gasteiger partial charge in [0.1, 0.15) is 17.6 Å². The monoisotopic (exact) mass is 325 g/mol. The summed E-state index contributed by atoms with van der Waals surface area (Å²) < 4.78 is 46.8. The second-order valence-corrected chi connectivity index (χ2v) is 4.75. The summed E-state index contributed by atoms with van der Waals surface area (Å²) >= 11 is 0. The highest BCUT2D eigenvalue weighted by molar-refractivity contribution is 5.85. The van der Waals surface area contributed by atoms with E-state index in [4.69, 9.17) is 9.47 Å². The predicted molar refractivity (Wildman–Crippen MR) is 76.4 cm³/mol. The molecule has 3 nitrogen and oxygen atoms in total. The number of alkyl halides is 3. The molecule has 0 aromatic heterocycles. The minimum atomic E-state index is -4.18. The van der Waals surface area contributed by atoms with Crippen molar-refractivity contribution >= 4 is 12.4 Å². The van der Waals surface area contributed by atoms with Gasteiger partial charge in [-0.1, -0.05) is 0 Å². The first-order chi connectivity index (χ1) is 9.53. The highest BCUT2D eigenvalue weighted by atomic mass is 35.5. The number of halogens is 4. The van der Waals surface area contributed by atoms with Crippen molar-refractivity contribution in [1.82, 2.24) is 5.32 Å². The highest BCUT2D eigenvalue weighted by Gasteiger charge is 2.26. The van der Waals surface area contributed by atoms with Crippen LogP contribution >= 0.6 is 12.4 Å². The molecule has 1 N–H and O–H groups in total. The quantitative estimate of drug-likeness (QED) is 0.897. The molecule has 7 heteroatoms. The second kappa shape index (κ2) is 8.34. The summed E-state index contributed by atoms with van der Waals surface area (Å²) in [6.07, 6.45) is -3.00. The Morgan fingerprint density at radius 3 is 2.19 bits per heavy atom. The largest absolute Gasteiger partial charge is 0.493 e. The number of hydrogen-bond acceptors (Lipinski definition) is 3. The van der Waals surface area contributed by atoms with E-state index < -0.39 is 12.6 Å². The minimum absolute atomic E-state index is 0. The average molecular weight is 326 g/mol. The van der Waals surface area contributed by atoms with E-state index in [1.165, 1.54) is 0 Å². The van der Waals surface area contributed by atoms with Crippen LogP contribution in [0.15, 0.2) is 24.3 Å². The molecule has 1 aromatic carbocycles. The smallest absolute Gasteiger partial charge is 0.392 e. The van der Waals surface area contributed by atoms with Crippen LogP contribution in [0, 0.1) is 0 Å². The van der Waals surface area contributed by atoms with Gasteiger partial charge in [-0.25, -0.2) is 0 Å². The molecule has 0 amide bonds. The van der Waals surface area contributed by atoms with Crippen LogP contribution in [-0.4, -0.2) is 32.0 Å². The van der Waals surface area contributed by atoms with E-state index in [0.717, 1.165) is 31.7 Å². The van der Waals surface area contributed by atoms with Crippen LogP contribution in [0.25, 0.3) is 0 Å². The lowest BCUT2D eigenvalue weighted by atomic mass is 10.1. The lowest BCUT2D eigenvalue weighted by molar-refractivity contribution is -0.139. The fraction of sp³-hybridized carbons (Fsp3) is 0.571. The number of nitrogens with one attached hydrogen (secondary N) is 1. The van der Waals surface area contributed by atoms with Crippen molar-refractivity contribution in [1.29, 1.82) is 0 Å². The maximum absolute atomic E-state index is 12.0. The molecule has 2 rings (SSSR count). The Kier molecular flexibility index (Phi) is 7.11. The van der Waals surface area contributed by atoms with E-state index in [2.05, 4.69) is 5.32 Å². The molecule has 120 valence electrons. The van der Waals surface area contributed by atoms with Crippen molar-refractivity contribution in [3.63, 3.8) is 0 Å². The molecular weight excluding hydrogens is 307 g/mol. The molecule has 0 atom stereocenters. The third-order valence-electron chi connectivity index (χ3n) is 3.07. The molecule has 0 radical (unpaired) electrons. The maximum Gasteiger partial charge on any atom is 0.392 e. The van der Waals surface area contributed by atoms with Gasteiger partial charge in [-0.3, -0.25) is 0 Å². The molecule has 0 bridgehead atoms. The summed E-state index contributed by atoms with van der Waals surface area (Å²) in [4.78, 5) is 0. The standard InChI is InChI=1S/C14H18F3NO2.ClH/c15-14(16,17)7-10-19-11-1-3-12(4-2-11)20-13-5-8-18-9-6-13;/h1-4,13,18H,5-10H2;1H. The van der Waals surface area contributed by atoms with Crippen LogP contribution in [0.4, 0.5) is 13.2 Å². The first-order valence-electron chi connectivity index (χ1n) is 6.70. The van der Waals surface area contributed by atoms with Gasteiger partial charge in [0.05, 0.1) is 13.0 Å². The Balaban J connectivity index is 0.00000220. The molecule has 1 aliphatic heterocycles.